The third kappa shape index (κ3) is 4.13. The summed E-state index contributed by atoms with van der Waals surface area (Å²) in [4.78, 5) is 0. The van der Waals surface area contributed by atoms with Crippen molar-refractivity contribution in [2.24, 2.45) is 5.92 Å². The Morgan fingerprint density at radius 3 is 2.33 bits per heavy atom. The summed E-state index contributed by atoms with van der Waals surface area (Å²) >= 11 is 0. The van der Waals surface area contributed by atoms with Crippen LogP contribution in [0.2, 0.25) is 0 Å². The highest BCUT2D eigenvalue weighted by molar-refractivity contribution is 4.88. The summed E-state index contributed by atoms with van der Waals surface area (Å²) < 4.78 is 23.7. The van der Waals surface area contributed by atoms with Gasteiger partial charge in [-0.25, -0.2) is 8.78 Å². The molecule has 0 nitrogen and oxygen atoms in total. The lowest BCUT2D eigenvalue weighted by molar-refractivity contribution is 0.300. The summed E-state index contributed by atoms with van der Waals surface area (Å²) in [6.07, 6.45) is 2.00. The van der Waals surface area contributed by atoms with E-state index in [4.69, 9.17) is 0 Å². The van der Waals surface area contributed by atoms with E-state index < -0.39 is 12.8 Å². The summed E-state index contributed by atoms with van der Waals surface area (Å²) in [7, 11) is 0. The maximum absolute atomic E-state index is 12.2. The number of rotatable bonds is 3. The summed E-state index contributed by atoms with van der Waals surface area (Å²) in [6.45, 7) is 2.68. The third-order valence-electron chi connectivity index (χ3n) is 1.25. The molecule has 0 aromatic rings. The molecule has 0 bridgehead atoms. The van der Waals surface area contributed by atoms with Gasteiger partial charge < -0.3 is 0 Å². The second-order valence-electron chi connectivity index (χ2n) is 2.12. The predicted octanol–water partition coefficient (Wildman–Crippen LogP) is 2.51. The normalized spacial score (nSPS) is 18.2. The molecule has 0 rings (SSSR count). The Morgan fingerprint density at radius 2 is 2.00 bits per heavy atom. The molecule has 0 aliphatic heterocycles. The fourth-order valence-electron chi connectivity index (χ4n) is 0.419. The monoisotopic (exact) mass is 134 g/mol. The van der Waals surface area contributed by atoms with Gasteiger partial charge in [-0.05, 0) is 6.92 Å². The highest BCUT2D eigenvalue weighted by Crippen LogP contribution is 2.06. The van der Waals surface area contributed by atoms with Gasteiger partial charge in [-0.1, -0.05) is 19.1 Å². The zero-order valence-corrected chi connectivity index (χ0v) is 5.77. The Bertz CT molecular complexity index is 86.9. The third-order valence-corrected chi connectivity index (χ3v) is 1.25. The molecule has 9 heavy (non-hydrogen) atoms. The van der Waals surface area contributed by atoms with E-state index in [1.165, 1.54) is 13.0 Å². The summed E-state index contributed by atoms with van der Waals surface area (Å²) in [5.74, 6) is -0.166. The number of hydrogen-bond donors (Lipinski definition) is 0. The van der Waals surface area contributed by atoms with E-state index in [-0.39, 0.29) is 5.92 Å². The Labute approximate surface area is 54.6 Å². The highest BCUT2D eigenvalue weighted by Gasteiger charge is 2.04. The molecule has 54 valence electrons. The van der Waals surface area contributed by atoms with Crippen molar-refractivity contribution in [2.45, 2.75) is 20.0 Å². The van der Waals surface area contributed by atoms with E-state index in [9.17, 15) is 8.78 Å². The molecule has 0 aliphatic rings. The largest absolute Gasteiger partial charge is 0.247 e. The minimum absolute atomic E-state index is 0.166. The Hall–Kier alpha value is -0.400. The molecule has 2 atom stereocenters. The second-order valence-corrected chi connectivity index (χ2v) is 2.12. The van der Waals surface area contributed by atoms with Gasteiger partial charge in [-0.3, -0.25) is 0 Å². The van der Waals surface area contributed by atoms with Gasteiger partial charge >= 0.3 is 0 Å². The zero-order chi connectivity index (χ0) is 7.28. The number of halogens is 2. The fraction of sp³-hybridized carbons (Fsp3) is 0.714. The van der Waals surface area contributed by atoms with Crippen LogP contribution in [0.3, 0.4) is 0 Å². The first kappa shape index (κ1) is 8.60. The standard InChI is InChI=1S/C7H12F2/c1-6(7(2)9)4-3-5-8/h3-4,6-7H,5H2,1-2H3/b4-3+/t6?,7-/m1/s1. The second kappa shape index (κ2) is 4.48. The minimum atomic E-state index is -0.882. The topological polar surface area (TPSA) is 0 Å². The molecule has 0 saturated carbocycles. The van der Waals surface area contributed by atoms with Crippen molar-refractivity contribution in [2.75, 3.05) is 6.67 Å². The van der Waals surface area contributed by atoms with Gasteiger partial charge in [0.2, 0.25) is 0 Å². The van der Waals surface area contributed by atoms with E-state index in [1.807, 2.05) is 0 Å². The summed E-state index contributed by atoms with van der Waals surface area (Å²) in [6, 6.07) is 0. The van der Waals surface area contributed by atoms with Crippen LogP contribution in [-0.4, -0.2) is 12.8 Å². The molecule has 0 spiro atoms. The number of hydrogen-bond acceptors (Lipinski definition) is 0. The van der Waals surface area contributed by atoms with Crippen molar-refractivity contribution in [1.29, 1.82) is 0 Å². The first-order valence-electron chi connectivity index (χ1n) is 3.05. The van der Waals surface area contributed by atoms with Crippen LogP contribution < -0.4 is 0 Å². The quantitative estimate of drug-likeness (QED) is 0.520. The van der Waals surface area contributed by atoms with Crippen molar-refractivity contribution >= 4 is 0 Å². The van der Waals surface area contributed by atoms with Gasteiger partial charge in [-0.15, -0.1) is 0 Å². The average molecular weight is 134 g/mol. The van der Waals surface area contributed by atoms with Crippen LogP contribution in [0.5, 0.6) is 0 Å². The summed E-state index contributed by atoms with van der Waals surface area (Å²) in [5.41, 5.74) is 0. The SMILES string of the molecule is CC(/C=C/CF)[C@@H](C)F. The lowest BCUT2D eigenvalue weighted by Gasteiger charge is -2.04. The molecule has 0 N–H and O–H groups in total. The van der Waals surface area contributed by atoms with Crippen LogP contribution in [0.4, 0.5) is 8.78 Å². The van der Waals surface area contributed by atoms with Crippen LogP contribution in [-0.2, 0) is 0 Å². The smallest absolute Gasteiger partial charge is 0.108 e. The van der Waals surface area contributed by atoms with Crippen LogP contribution in [0, 0.1) is 5.92 Å². The van der Waals surface area contributed by atoms with Crippen LogP contribution >= 0.6 is 0 Å². The average Bonchev–Trinajstić information content (AvgIpc) is 1.82. The molecule has 0 fully saturated rings. The maximum atomic E-state index is 12.2. The molecule has 0 amide bonds. The van der Waals surface area contributed by atoms with Gasteiger partial charge in [0.15, 0.2) is 0 Å². The lowest BCUT2D eigenvalue weighted by atomic mass is 10.1. The van der Waals surface area contributed by atoms with Gasteiger partial charge in [0.1, 0.15) is 12.8 Å². The Kier molecular flexibility index (Phi) is 4.28. The van der Waals surface area contributed by atoms with Gasteiger partial charge in [0.25, 0.3) is 0 Å². The molecular weight excluding hydrogens is 122 g/mol. The van der Waals surface area contributed by atoms with E-state index in [1.54, 1.807) is 13.0 Å². The molecule has 0 saturated heterocycles. The zero-order valence-electron chi connectivity index (χ0n) is 5.77. The van der Waals surface area contributed by atoms with Crippen molar-refractivity contribution < 1.29 is 8.78 Å². The Balaban J connectivity index is 3.48. The molecule has 0 radical (unpaired) electrons. The fourth-order valence-corrected chi connectivity index (χ4v) is 0.419. The molecule has 2 heteroatoms. The van der Waals surface area contributed by atoms with Crippen LogP contribution in [0.15, 0.2) is 12.2 Å². The Morgan fingerprint density at radius 1 is 1.44 bits per heavy atom. The lowest BCUT2D eigenvalue weighted by Crippen LogP contribution is -2.03. The van der Waals surface area contributed by atoms with Crippen LogP contribution in [0.1, 0.15) is 13.8 Å². The molecule has 0 aromatic heterocycles. The number of alkyl halides is 2. The van der Waals surface area contributed by atoms with E-state index >= 15 is 0 Å². The van der Waals surface area contributed by atoms with Gasteiger partial charge in [0.05, 0.1) is 0 Å². The molecule has 0 aromatic carbocycles. The van der Waals surface area contributed by atoms with Gasteiger partial charge in [-0.2, -0.15) is 0 Å². The van der Waals surface area contributed by atoms with E-state index in [0.717, 1.165) is 0 Å². The summed E-state index contributed by atoms with van der Waals surface area (Å²) in [5, 5.41) is 0. The molecule has 0 aliphatic carbocycles. The van der Waals surface area contributed by atoms with E-state index in [0.29, 0.717) is 0 Å². The predicted molar refractivity (Wildman–Crippen MR) is 34.8 cm³/mol. The van der Waals surface area contributed by atoms with Crippen molar-refractivity contribution in [3.05, 3.63) is 12.2 Å². The highest BCUT2D eigenvalue weighted by atomic mass is 19.1. The van der Waals surface area contributed by atoms with Gasteiger partial charge in [0, 0.05) is 5.92 Å². The van der Waals surface area contributed by atoms with Crippen molar-refractivity contribution in [3.8, 4) is 0 Å². The van der Waals surface area contributed by atoms with E-state index in [2.05, 4.69) is 0 Å². The molecule has 0 heterocycles. The first-order valence-corrected chi connectivity index (χ1v) is 3.05. The van der Waals surface area contributed by atoms with Crippen LogP contribution in [0.25, 0.3) is 0 Å². The van der Waals surface area contributed by atoms with Crippen molar-refractivity contribution in [3.63, 3.8) is 0 Å². The van der Waals surface area contributed by atoms with Crippen molar-refractivity contribution in [1.82, 2.24) is 0 Å². The maximum Gasteiger partial charge on any atom is 0.108 e. The molecule has 1 unspecified atom stereocenters. The first-order chi connectivity index (χ1) is 4.18. The number of allylic oxidation sites excluding steroid dienone is 2. The molecular formula is C7H12F2. The minimum Gasteiger partial charge on any atom is -0.247 e.